The lowest BCUT2D eigenvalue weighted by Gasteiger charge is -2.35. The predicted octanol–water partition coefficient (Wildman–Crippen LogP) is 1.79. The minimum absolute atomic E-state index is 0.00708. The van der Waals surface area contributed by atoms with Gasteiger partial charge in [-0.25, -0.2) is 9.97 Å². The van der Waals surface area contributed by atoms with Gasteiger partial charge in [-0.15, -0.1) is 0 Å². The molecule has 1 unspecified atom stereocenters. The van der Waals surface area contributed by atoms with Crippen LogP contribution in [0.2, 0.25) is 0 Å². The van der Waals surface area contributed by atoms with Gasteiger partial charge in [0, 0.05) is 37.3 Å². The largest absolute Gasteiger partial charge is 0.365 e. The molecule has 2 N–H and O–H groups in total. The smallest absolute Gasteiger partial charge is 0.134 e. The van der Waals surface area contributed by atoms with Gasteiger partial charge in [0.25, 0.3) is 0 Å². The van der Waals surface area contributed by atoms with Gasteiger partial charge in [-0.05, 0) is 34.6 Å². The van der Waals surface area contributed by atoms with Crippen molar-refractivity contribution in [2.45, 2.75) is 46.2 Å². The summed E-state index contributed by atoms with van der Waals surface area (Å²) < 4.78 is 0. The average Bonchev–Trinajstić information content (AvgIpc) is 2.26. The second-order valence-corrected chi connectivity index (χ2v) is 6.28. The second kappa shape index (κ2) is 5.33. The summed E-state index contributed by atoms with van der Waals surface area (Å²) in [5, 5.41) is 6.82. The first-order chi connectivity index (χ1) is 8.85. The third-order valence-electron chi connectivity index (χ3n) is 3.12. The van der Waals surface area contributed by atoms with E-state index in [1.54, 1.807) is 0 Å². The third-order valence-corrected chi connectivity index (χ3v) is 3.12. The van der Waals surface area contributed by atoms with Crippen LogP contribution in [-0.4, -0.2) is 41.2 Å². The second-order valence-electron chi connectivity index (χ2n) is 6.28. The van der Waals surface area contributed by atoms with E-state index in [-0.39, 0.29) is 5.54 Å². The Morgan fingerprint density at radius 2 is 2.11 bits per heavy atom. The first-order valence-corrected chi connectivity index (χ1v) is 6.96. The molecule has 0 saturated carbocycles. The normalized spacial score (nSPS) is 20.5. The first kappa shape index (κ1) is 14.1. The molecule has 0 amide bonds. The van der Waals surface area contributed by atoms with E-state index >= 15 is 0 Å². The van der Waals surface area contributed by atoms with Crippen molar-refractivity contribution >= 4 is 11.6 Å². The van der Waals surface area contributed by atoms with Crippen molar-refractivity contribution in [3.8, 4) is 0 Å². The van der Waals surface area contributed by atoms with E-state index < -0.39 is 0 Å². The maximum atomic E-state index is 4.58. The minimum Gasteiger partial charge on any atom is -0.365 e. The molecular weight excluding hydrogens is 238 g/mol. The van der Waals surface area contributed by atoms with Crippen molar-refractivity contribution in [1.82, 2.24) is 15.3 Å². The summed E-state index contributed by atoms with van der Waals surface area (Å²) in [6.07, 6.45) is 0. The Balaban J connectivity index is 2.25. The SMILES string of the molecule is Cc1nc(NC(C)(C)C)cc(N2CCNCC2C)n1. The molecule has 5 nitrogen and oxygen atoms in total. The van der Waals surface area contributed by atoms with E-state index in [0.717, 1.165) is 37.1 Å². The van der Waals surface area contributed by atoms with Crippen molar-refractivity contribution in [2.24, 2.45) is 0 Å². The summed E-state index contributed by atoms with van der Waals surface area (Å²) in [5.41, 5.74) is 0.00708. The van der Waals surface area contributed by atoms with Crippen LogP contribution < -0.4 is 15.5 Å². The van der Waals surface area contributed by atoms with Gasteiger partial charge in [0.05, 0.1) is 0 Å². The van der Waals surface area contributed by atoms with Gasteiger partial charge in [0.1, 0.15) is 17.5 Å². The molecule has 1 atom stereocenters. The molecule has 1 aromatic rings. The van der Waals surface area contributed by atoms with Gasteiger partial charge in [-0.2, -0.15) is 0 Å². The Morgan fingerprint density at radius 1 is 1.37 bits per heavy atom. The molecule has 1 fully saturated rings. The average molecular weight is 263 g/mol. The van der Waals surface area contributed by atoms with Crippen LogP contribution in [0.15, 0.2) is 6.07 Å². The Labute approximate surface area is 115 Å². The van der Waals surface area contributed by atoms with Crippen LogP contribution >= 0.6 is 0 Å². The summed E-state index contributed by atoms with van der Waals surface area (Å²) in [7, 11) is 0. The van der Waals surface area contributed by atoms with E-state index in [0.29, 0.717) is 6.04 Å². The van der Waals surface area contributed by atoms with Crippen molar-refractivity contribution in [3.63, 3.8) is 0 Å². The zero-order valence-electron chi connectivity index (χ0n) is 12.6. The number of anilines is 2. The highest BCUT2D eigenvalue weighted by Gasteiger charge is 2.21. The maximum absolute atomic E-state index is 4.58. The summed E-state index contributed by atoms with van der Waals surface area (Å²) >= 11 is 0. The molecule has 0 aromatic carbocycles. The van der Waals surface area contributed by atoms with Crippen LogP contribution in [0.5, 0.6) is 0 Å². The molecule has 5 heteroatoms. The number of aromatic nitrogens is 2. The molecular formula is C14H25N5. The van der Waals surface area contributed by atoms with Crippen molar-refractivity contribution < 1.29 is 0 Å². The van der Waals surface area contributed by atoms with Crippen LogP contribution in [0.4, 0.5) is 11.6 Å². The van der Waals surface area contributed by atoms with E-state index in [2.05, 4.69) is 59.3 Å². The highest BCUT2D eigenvalue weighted by Crippen LogP contribution is 2.21. The Kier molecular flexibility index (Phi) is 3.94. The molecule has 1 aromatic heterocycles. The predicted molar refractivity (Wildman–Crippen MR) is 79.8 cm³/mol. The van der Waals surface area contributed by atoms with Gasteiger partial charge in [-0.1, -0.05) is 0 Å². The highest BCUT2D eigenvalue weighted by atomic mass is 15.3. The lowest BCUT2D eigenvalue weighted by molar-refractivity contribution is 0.496. The molecule has 106 valence electrons. The summed E-state index contributed by atoms with van der Waals surface area (Å²) in [4.78, 5) is 11.4. The van der Waals surface area contributed by atoms with Gasteiger partial charge in [-0.3, -0.25) is 0 Å². The van der Waals surface area contributed by atoms with Crippen LogP contribution in [0.25, 0.3) is 0 Å². The molecule has 2 rings (SSSR count). The summed E-state index contributed by atoms with van der Waals surface area (Å²) in [5.74, 6) is 2.74. The number of hydrogen-bond acceptors (Lipinski definition) is 5. The van der Waals surface area contributed by atoms with Gasteiger partial charge in [0.15, 0.2) is 0 Å². The lowest BCUT2D eigenvalue weighted by Crippen LogP contribution is -2.50. The molecule has 1 aliphatic rings. The van der Waals surface area contributed by atoms with Crippen molar-refractivity contribution in [2.75, 3.05) is 29.9 Å². The molecule has 0 radical (unpaired) electrons. The third kappa shape index (κ3) is 3.80. The zero-order valence-corrected chi connectivity index (χ0v) is 12.6. The molecule has 2 heterocycles. The fourth-order valence-electron chi connectivity index (χ4n) is 2.33. The topological polar surface area (TPSA) is 53.1 Å². The Bertz CT molecular complexity index is 438. The molecule has 19 heavy (non-hydrogen) atoms. The highest BCUT2D eigenvalue weighted by molar-refractivity contribution is 5.51. The quantitative estimate of drug-likeness (QED) is 0.852. The monoisotopic (exact) mass is 263 g/mol. The number of aryl methyl sites for hydroxylation is 1. The van der Waals surface area contributed by atoms with Gasteiger partial charge >= 0.3 is 0 Å². The van der Waals surface area contributed by atoms with Crippen LogP contribution in [-0.2, 0) is 0 Å². The zero-order chi connectivity index (χ0) is 14.0. The maximum Gasteiger partial charge on any atom is 0.134 e. The van der Waals surface area contributed by atoms with Crippen LogP contribution in [0.1, 0.15) is 33.5 Å². The summed E-state index contributed by atoms with van der Waals surface area (Å²) in [6.45, 7) is 13.6. The van der Waals surface area contributed by atoms with Crippen molar-refractivity contribution in [1.29, 1.82) is 0 Å². The van der Waals surface area contributed by atoms with E-state index in [1.165, 1.54) is 0 Å². The molecule has 0 bridgehead atoms. The number of hydrogen-bond donors (Lipinski definition) is 2. The number of nitrogens with zero attached hydrogens (tertiary/aromatic N) is 3. The lowest BCUT2D eigenvalue weighted by atomic mass is 10.1. The fourth-order valence-corrected chi connectivity index (χ4v) is 2.33. The number of rotatable bonds is 2. The molecule has 1 saturated heterocycles. The molecule has 0 spiro atoms. The van der Waals surface area contributed by atoms with Gasteiger partial charge < -0.3 is 15.5 Å². The standard InChI is InChI=1S/C14H25N5/c1-10-9-15-6-7-19(10)13-8-12(16-11(2)17-13)18-14(3,4)5/h8,10,15H,6-7,9H2,1-5H3,(H,16,17,18). The fraction of sp³-hybridized carbons (Fsp3) is 0.714. The van der Waals surface area contributed by atoms with Crippen molar-refractivity contribution in [3.05, 3.63) is 11.9 Å². The Morgan fingerprint density at radius 3 is 2.74 bits per heavy atom. The van der Waals surface area contributed by atoms with Crippen LogP contribution in [0, 0.1) is 6.92 Å². The number of piperazine rings is 1. The Hall–Kier alpha value is -1.36. The minimum atomic E-state index is 0.00708. The van der Waals surface area contributed by atoms with E-state index in [1.807, 2.05) is 6.92 Å². The molecule has 1 aliphatic heterocycles. The summed E-state index contributed by atoms with van der Waals surface area (Å²) in [6, 6.07) is 2.52. The van der Waals surface area contributed by atoms with Crippen LogP contribution in [0.3, 0.4) is 0 Å². The van der Waals surface area contributed by atoms with Gasteiger partial charge in [0.2, 0.25) is 0 Å². The van der Waals surface area contributed by atoms with E-state index in [4.69, 9.17) is 0 Å². The first-order valence-electron chi connectivity index (χ1n) is 6.96. The van der Waals surface area contributed by atoms with E-state index in [9.17, 15) is 0 Å². The molecule has 0 aliphatic carbocycles. The number of nitrogens with one attached hydrogen (secondary N) is 2.